The zero-order chi connectivity index (χ0) is 18.8. The van der Waals surface area contributed by atoms with Gasteiger partial charge in [-0.25, -0.2) is 9.67 Å². The second kappa shape index (κ2) is 7.18. The first-order valence-corrected chi connectivity index (χ1v) is 7.87. The highest BCUT2D eigenvalue weighted by Crippen LogP contribution is 2.33. The summed E-state index contributed by atoms with van der Waals surface area (Å²) in [6.07, 6.45) is -1.15. The summed E-state index contributed by atoms with van der Waals surface area (Å²) in [6, 6.07) is 4.66. The molecule has 0 saturated carbocycles. The first-order chi connectivity index (χ1) is 12.3. The molecule has 2 heterocycles. The van der Waals surface area contributed by atoms with Crippen LogP contribution < -0.4 is 0 Å². The van der Waals surface area contributed by atoms with Gasteiger partial charge >= 0.3 is 6.18 Å². The van der Waals surface area contributed by atoms with E-state index in [2.05, 4.69) is 10.1 Å². The number of aliphatic hydroxyl groups excluding tert-OH is 1. The van der Waals surface area contributed by atoms with E-state index in [9.17, 15) is 18.3 Å². The lowest BCUT2D eigenvalue weighted by molar-refractivity contribution is -0.180. The second-order valence-electron chi connectivity index (χ2n) is 6.40. The third-order valence-corrected chi connectivity index (χ3v) is 4.21. The topological polar surface area (TPSA) is 69.4 Å². The molecule has 0 amide bonds. The molecule has 1 atom stereocenters. The Hall–Kier alpha value is -2.23. The first-order valence-electron chi connectivity index (χ1n) is 7.87. The SMILES string of the molecule is CC1(C(O)/C(=C/c2ccc(C(F)(F)F)cc2)n2cncn2)COCOC1. The van der Waals surface area contributed by atoms with Gasteiger partial charge in [0.2, 0.25) is 0 Å². The summed E-state index contributed by atoms with van der Waals surface area (Å²) < 4.78 is 50.1. The molecule has 1 aromatic heterocycles. The molecule has 3 rings (SSSR count). The van der Waals surface area contributed by atoms with Gasteiger partial charge in [0.05, 0.1) is 24.5 Å². The molecule has 1 unspecified atom stereocenters. The lowest BCUT2D eigenvalue weighted by Gasteiger charge is -2.37. The molecule has 0 spiro atoms. The molecule has 1 N–H and O–H groups in total. The molecule has 0 aliphatic carbocycles. The highest BCUT2D eigenvalue weighted by molar-refractivity contribution is 5.73. The normalized spacial score (nSPS) is 19.3. The summed E-state index contributed by atoms with van der Waals surface area (Å²) in [5.74, 6) is 0. The molecule has 6 nitrogen and oxygen atoms in total. The Morgan fingerprint density at radius 2 is 1.92 bits per heavy atom. The first kappa shape index (κ1) is 18.6. The van der Waals surface area contributed by atoms with Gasteiger partial charge in [-0.05, 0) is 23.8 Å². The van der Waals surface area contributed by atoms with Gasteiger partial charge in [-0.1, -0.05) is 19.1 Å². The number of hydrogen-bond donors (Lipinski definition) is 1. The van der Waals surface area contributed by atoms with Gasteiger partial charge in [0.1, 0.15) is 25.6 Å². The number of halogens is 3. The molecular formula is C17H18F3N3O3. The van der Waals surface area contributed by atoms with Crippen LogP contribution in [0.1, 0.15) is 18.1 Å². The van der Waals surface area contributed by atoms with Crippen LogP contribution in [0.4, 0.5) is 13.2 Å². The second-order valence-corrected chi connectivity index (χ2v) is 6.40. The Bertz CT molecular complexity index is 752. The van der Waals surface area contributed by atoms with Gasteiger partial charge in [-0.2, -0.15) is 18.3 Å². The molecule has 140 valence electrons. The molecule has 9 heteroatoms. The summed E-state index contributed by atoms with van der Waals surface area (Å²) in [5, 5.41) is 14.9. The minimum Gasteiger partial charge on any atom is -0.386 e. The summed E-state index contributed by atoms with van der Waals surface area (Å²) in [5.41, 5.74) is -0.622. The number of rotatable bonds is 4. The van der Waals surface area contributed by atoms with E-state index in [1.807, 2.05) is 0 Å². The summed E-state index contributed by atoms with van der Waals surface area (Å²) >= 11 is 0. The summed E-state index contributed by atoms with van der Waals surface area (Å²) in [6.45, 7) is 2.50. The maximum Gasteiger partial charge on any atom is 0.416 e. The average Bonchev–Trinajstić information content (AvgIpc) is 3.14. The third kappa shape index (κ3) is 3.95. The Morgan fingerprint density at radius 1 is 1.27 bits per heavy atom. The Morgan fingerprint density at radius 3 is 2.46 bits per heavy atom. The molecule has 1 aromatic carbocycles. The van der Waals surface area contributed by atoms with E-state index in [0.717, 1.165) is 12.1 Å². The predicted molar refractivity (Wildman–Crippen MR) is 86.5 cm³/mol. The fraction of sp³-hybridized carbons (Fsp3) is 0.412. The van der Waals surface area contributed by atoms with Crippen molar-refractivity contribution in [3.63, 3.8) is 0 Å². The van der Waals surface area contributed by atoms with Crippen LogP contribution in [0, 0.1) is 5.41 Å². The van der Waals surface area contributed by atoms with Crippen molar-refractivity contribution in [2.75, 3.05) is 20.0 Å². The number of hydrogen-bond acceptors (Lipinski definition) is 5. The molecule has 0 bridgehead atoms. The number of benzene rings is 1. The Labute approximate surface area is 147 Å². The van der Waals surface area contributed by atoms with E-state index in [-0.39, 0.29) is 20.0 Å². The lowest BCUT2D eigenvalue weighted by Crippen LogP contribution is -2.45. The van der Waals surface area contributed by atoms with Gasteiger partial charge in [0.15, 0.2) is 0 Å². The van der Waals surface area contributed by atoms with Gasteiger partial charge in [-0.15, -0.1) is 0 Å². The minimum atomic E-state index is -4.40. The molecular weight excluding hydrogens is 351 g/mol. The van der Waals surface area contributed by atoms with Crippen molar-refractivity contribution < 1.29 is 27.8 Å². The van der Waals surface area contributed by atoms with Gasteiger partial charge in [0, 0.05) is 5.41 Å². The quantitative estimate of drug-likeness (QED) is 0.897. The Balaban J connectivity index is 1.95. The van der Waals surface area contributed by atoms with Crippen molar-refractivity contribution in [2.24, 2.45) is 5.41 Å². The van der Waals surface area contributed by atoms with Crippen LogP contribution in [-0.2, 0) is 15.7 Å². The van der Waals surface area contributed by atoms with Crippen LogP contribution >= 0.6 is 0 Å². The number of ether oxygens (including phenoxy) is 2. The number of aliphatic hydroxyl groups is 1. The van der Waals surface area contributed by atoms with Crippen molar-refractivity contribution >= 4 is 11.8 Å². The van der Waals surface area contributed by atoms with E-state index in [1.54, 1.807) is 13.0 Å². The summed E-state index contributed by atoms with van der Waals surface area (Å²) in [4.78, 5) is 3.87. The van der Waals surface area contributed by atoms with Crippen molar-refractivity contribution in [1.82, 2.24) is 14.8 Å². The van der Waals surface area contributed by atoms with E-state index < -0.39 is 23.3 Å². The van der Waals surface area contributed by atoms with E-state index >= 15 is 0 Å². The van der Waals surface area contributed by atoms with Crippen LogP contribution in [0.25, 0.3) is 11.8 Å². The minimum absolute atomic E-state index is 0.156. The zero-order valence-corrected chi connectivity index (χ0v) is 14.0. The van der Waals surface area contributed by atoms with Gasteiger partial charge < -0.3 is 14.6 Å². The number of alkyl halides is 3. The fourth-order valence-corrected chi connectivity index (χ4v) is 2.72. The lowest BCUT2D eigenvalue weighted by atomic mass is 9.83. The highest BCUT2D eigenvalue weighted by Gasteiger charge is 2.39. The largest absolute Gasteiger partial charge is 0.416 e. The van der Waals surface area contributed by atoms with Crippen molar-refractivity contribution in [3.05, 3.63) is 48.0 Å². The maximum atomic E-state index is 12.7. The number of aromatic nitrogens is 3. The van der Waals surface area contributed by atoms with Crippen LogP contribution in [-0.4, -0.2) is 46.0 Å². The van der Waals surface area contributed by atoms with Gasteiger partial charge in [0.25, 0.3) is 0 Å². The van der Waals surface area contributed by atoms with Crippen molar-refractivity contribution in [1.29, 1.82) is 0 Å². The van der Waals surface area contributed by atoms with Crippen LogP contribution in [0.3, 0.4) is 0 Å². The van der Waals surface area contributed by atoms with Crippen molar-refractivity contribution in [2.45, 2.75) is 19.2 Å². The molecule has 1 aliphatic rings. The monoisotopic (exact) mass is 369 g/mol. The zero-order valence-electron chi connectivity index (χ0n) is 14.0. The molecule has 1 aliphatic heterocycles. The molecule has 1 saturated heterocycles. The Kier molecular flexibility index (Phi) is 5.12. The smallest absolute Gasteiger partial charge is 0.386 e. The standard InChI is InChI=1S/C17H18F3N3O3/c1-16(7-25-11-26-8-16)15(24)14(23-10-21-9-22-23)6-12-2-4-13(5-3-12)17(18,19)20/h2-6,9-10,15,24H,7-8,11H2,1H3/b14-6-. The third-order valence-electron chi connectivity index (χ3n) is 4.21. The molecule has 2 aromatic rings. The highest BCUT2D eigenvalue weighted by atomic mass is 19.4. The van der Waals surface area contributed by atoms with Crippen LogP contribution in [0.2, 0.25) is 0 Å². The van der Waals surface area contributed by atoms with E-state index in [0.29, 0.717) is 11.3 Å². The van der Waals surface area contributed by atoms with Gasteiger partial charge in [-0.3, -0.25) is 0 Å². The van der Waals surface area contributed by atoms with E-state index in [4.69, 9.17) is 9.47 Å². The van der Waals surface area contributed by atoms with Crippen LogP contribution in [0.5, 0.6) is 0 Å². The van der Waals surface area contributed by atoms with Crippen molar-refractivity contribution in [3.8, 4) is 0 Å². The average molecular weight is 369 g/mol. The molecule has 0 radical (unpaired) electrons. The summed E-state index contributed by atoms with van der Waals surface area (Å²) in [7, 11) is 0. The maximum absolute atomic E-state index is 12.7. The van der Waals surface area contributed by atoms with E-state index in [1.165, 1.54) is 29.5 Å². The van der Waals surface area contributed by atoms with Crippen LogP contribution in [0.15, 0.2) is 36.9 Å². The molecule has 1 fully saturated rings. The predicted octanol–water partition coefficient (Wildman–Crippen LogP) is 2.67. The molecule has 26 heavy (non-hydrogen) atoms. The number of nitrogens with zero attached hydrogens (tertiary/aromatic N) is 3. The fourth-order valence-electron chi connectivity index (χ4n) is 2.72.